The number of rotatable bonds is 11. The number of carbonyl (C=O) groups excluding carboxylic acids is 2. The summed E-state index contributed by atoms with van der Waals surface area (Å²) in [7, 11) is -5.70. The normalized spacial score (nSPS) is 40.1. The quantitative estimate of drug-likeness (QED) is 0.149. The first-order valence-electron chi connectivity index (χ1n) is 15.6. The molecule has 4 aliphatic rings. The number of ether oxygens (including phenoxy) is 2. The summed E-state index contributed by atoms with van der Waals surface area (Å²) < 4.78 is 65.2. The van der Waals surface area contributed by atoms with E-state index in [2.05, 4.69) is 25.5 Å². The molecule has 43 heavy (non-hydrogen) atoms. The van der Waals surface area contributed by atoms with Gasteiger partial charge in [-0.15, -0.1) is 0 Å². The van der Waals surface area contributed by atoms with Gasteiger partial charge >= 0.3 is 27.3 Å². The molecule has 10 nitrogen and oxygen atoms in total. The number of esters is 2. The number of carbonyl (C=O) groups is 2. The molecule has 0 aromatic heterocycles. The fraction of sp³-hybridized carbons (Fsp3) is 0.933. The maximum Gasteiger partial charge on any atom is 0.402 e. The lowest BCUT2D eigenvalue weighted by atomic mass is 9.43. The Morgan fingerprint density at radius 3 is 2.33 bits per heavy atom. The van der Waals surface area contributed by atoms with Gasteiger partial charge in [-0.1, -0.05) is 20.8 Å². The third kappa shape index (κ3) is 6.76. The van der Waals surface area contributed by atoms with Crippen molar-refractivity contribution in [3.8, 4) is 0 Å². The first kappa shape index (κ1) is 34.5. The van der Waals surface area contributed by atoms with Crippen LogP contribution in [0.2, 0.25) is 0 Å². The van der Waals surface area contributed by atoms with Crippen molar-refractivity contribution >= 4 is 22.1 Å². The highest BCUT2D eigenvalue weighted by atomic mass is 32.2. The Bertz CT molecular complexity index is 1130. The zero-order chi connectivity index (χ0) is 32.0. The van der Waals surface area contributed by atoms with Crippen LogP contribution in [0.15, 0.2) is 0 Å². The van der Waals surface area contributed by atoms with E-state index in [9.17, 15) is 42.1 Å². The lowest BCUT2D eigenvalue weighted by Gasteiger charge is -2.63. The average Bonchev–Trinajstić information content (AvgIpc) is 3.28. The lowest BCUT2D eigenvalue weighted by molar-refractivity contribution is -0.207. The van der Waals surface area contributed by atoms with Crippen molar-refractivity contribution in [2.24, 2.45) is 46.3 Å². The zero-order valence-corrected chi connectivity index (χ0v) is 26.1. The summed E-state index contributed by atoms with van der Waals surface area (Å²) >= 11 is 0. The van der Waals surface area contributed by atoms with E-state index >= 15 is 0 Å². The van der Waals surface area contributed by atoms with Crippen molar-refractivity contribution in [2.45, 2.75) is 115 Å². The summed E-state index contributed by atoms with van der Waals surface area (Å²) in [5.41, 5.74) is -0.379. The first-order chi connectivity index (χ1) is 19.9. The Balaban J connectivity index is 1.25. The highest BCUT2D eigenvalue weighted by molar-refractivity contribution is 7.86. The Morgan fingerprint density at radius 2 is 1.65 bits per heavy atom. The Hall–Kier alpha value is -1.41. The van der Waals surface area contributed by atoms with Crippen molar-refractivity contribution in [3.63, 3.8) is 0 Å². The maximum absolute atomic E-state index is 13.1. The zero-order valence-electron chi connectivity index (χ0n) is 25.3. The molecule has 0 amide bonds. The molecule has 4 N–H and O–H groups in total. The largest absolute Gasteiger partial charge is 0.466 e. The van der Waals surface area contributed by atoms with Crippen molar-refractivity contribution in [1.82, 2.24) is 0 Å². The average molecular weight is 639 g/mol. The third-order valence-corrected chi connectivity index (χ3v) is 12.8. The van der Waals surface area contributed by atoms with Gasteiger partial charge in [0.25, 0.3) is 0 Å². The summed E-state index contributed by atoms with van der Waals surface area (Å²) in [6, 6.07) is 0. The monoisotopic (exact) mass is 638 g/mol. The van der Waals surface area contributed by atoms with E-state index in [1.165, 1.54) is 0 Å². The van der Waals surface area contributed by atoms with Crippen molar-refractivity contribution < 1.29 is 56.1 Å². The van der Waals surface area contributed by atoms with Crippen LogP contribution in [0.5, 0.6) is 0 Å². The summed E-state index contributed by atoms with van der Waals surface area (Å²) in [4.78, 5) is 24.0. The van der Waals surface area contributed by atoms with Crippen molar-refractivity contribution in [3.05, 3.63) is 0 Å². The molecule has 4 saturated carbocycles. The van der Waals surface area contributed by atoms with E-state index in [-0.39, 0.29) is 78.3 Å². The number of aliphatic hydroxyl groups excluding tert-OH is 3. The van der Waals surface area contributed by atoms with Gasteiger partial charge in [-0.05, 0) is 104 Å². The highest BCUT2D eigenvalue weighted by Gasteiger charge is 2.65. The van der Waals surface area contributed by atoms with Crippen LogP contribution in [0.1, 0.15) is 91.4 Å². The SMILES string of the molecule is C[C@H](CCC(=O)OCCCC(=O)OCC(F)(F)S(=O)(=O)O)[C@H]1CC[C@H]2[C@@H]3C(O)C[C@@H]4CC(O)CC[C@]4(C)[C@H]3CC(O)[C@]12C. The molecule has 0 saturated heterocycles. The Kier molecular flexibility index (Phi) is 10.2. The fourth-order valence-electron chi connectivity index (χ4n) is 9.46. The molecule has 248 valence electrons. The van der Waals surface area contributed by atoms with Gasteiger partial charge in [0, 0.05) is 12.8 Å². The van der Waals surface area contributed by atoms with Crippen LogP contribution < -0.4 is 0 Å². The van der Waals surface area contributed by atoms with Crippen LogP contribution in [0.25, 0.3) is 0 Å². The van der Waals surface area contributed by atoms with Gasteiger partial charge in [0.05, 0.1) is 24.9 Å². The van der Waals surface area contributed by atoms with Gasteiger partial charge in [0.1, 0.15) is 0 Å². The van der Waals surface area contributed by atoms with Crippen molar-refractivity contribution in [2.75, 3.05) is 13.2 Å². The van der Waals surface area contributed by atoms with Crippen LogP contribution in [0.3, 0.4) is 0 Å². The number of hydrogen-bond acceptors (Lipinski definition) is 9. The molecule has 4 fully saturated rings. The highest BCUT2D eigenvalue weighted by Crippen LogP contribution is 2.68. The summed E-state index contributed by atoms with van der Waals surface area (Å²) in [5, 5.41) is 28.8. The number of halogens is 2. The van der Waals surface area contributed by atoms with E-state index in [4.69, 9.17) is 9.29 Å². The molecule has 0 bridgehead atoms. The molecule has 0 aliphatic heterocycles. The second-order valence-corrected chi connectivity index (χ2v) is 15.7. The molecule has 0 spiro atoms. The smallest absolute Gasteiger partial charge is 0.402 e. The van der Waals surface area contributed by atoms with Gasteiger partial charge in [-0.3, -0.25) is 14.1 Å². The van der Waals surface area contributed by atoms with Crippen LogP contribution in [0, 0.1) is 46.3 Å². The molecule has 0 aromatic carbocycles. The summed E-state index contributed by atoms with van der Waals surface area (Å²) in [5.74, 6) is -0.545. The third-order valence-electron chi connectivity index (χ3n) is 11.9. The molecule has 11 atom stereocenters. The van der Waals surface area contributed by atoms with Crippen LogP contribution >= 0.6 is 0 Å². The molecule has 13 heteroatoms. The topological polar surface area (TPSA) is 168 Å². The maximum atomic E-state index is 13.1. The number of alkyl halides is 2. The molecule has 0 heterocycles. The summed E-state index contributed by atoms with van der Waals surface area (Å²) in [6.45, 7) is 4.59. The van der Waals surface area contributed by atoms with Crippen LogP contribution in [-0.2, 0) is 29.2 Å². The van der Waals surface area contributed by atoms with E-state index in [0.717, 1.165) is 25.7 Å². The molecule has 4 rings (SSSR count). The fourth-order valence-corrected chi connectivity index (χ4v) is 9.67. The minimum atomic E-state index is -5.70. The lowest BCUT2D eigenvalue weighted by Crippen LogP contribution is -2.62. The van der Waals surface area contributed by atoms with Gasteiger partial charge in [-0.25, -0.2) is 0 Å². The predicted molar refractivity (Wildman–Crippen MR) is 150 cm³/mol. The van der Waals surface area contributed by atoms with Gasteiger partial charge in [-0.2, -0.15) is 17.2 Å². The molecular weight excluding hydrogens is 590 g/mol. The Morgan fingerprint density at radius 1 is 0.977 bits per heavy atom. The second-order valence-electron chi connectivity index (χ2n) is 14.1. The van der Waals surface area contributed by atoms with Crippen LogP contribution in [0.4, 0.5) is 8.78 Å². The minimum Gasteiger partial charge on any atom is -0.466 e. The molecule has 4 aliphatic carbocycles. The van der Waals surface area contributed by atoms with Gasteiger partial charge in [0.2, 0.25) is 0 Å². The first-order valence-corrected chi connectivity index (χ1v) is 17.1. The molecule has 0 radical (unpaired) electrons. The number of fused-ring (bicyclic) bond motifs is 5. The van der Waals surface area contributed by atoms with E-state index < -0.39 is 46.1 Å². The Labute approximate surface area is 252 Å². The molecular formula is C30H48F2O10S. The predicted octanol–water partition coefficient (Wildman–Crippen LogP) is 3.71. The van der Waals surface area contributed by atoms with Gasteiger partial charge < -0.3 is 24.8 Å². The minimum absolute atomic E-state index is 0.000787. The molecule has 0 aromatic rings. The van der Waals surface area contributed by atoms with E-state index in [1.807, 2.05) is 0 Å². The van der Waals surface area contributed by atoms with E-state index in [0.29, 0.717) is 25.7 Å². The van der Waals surface area contributed by atoms with Crippen molar-refractivity contribution in [1.29, 1.82) is 0 Å². The second kappa shape index (κ2) is 12.8. The van der Waals surface area contributed by atoms with Crippen LogP contribution in [-0.4, -0.2) is 77.0 Å². The molecule has 3 unspecified atom stereocenters. The number of hydrogen-bond donors (Lipinski definition) is 4. The van der Waals surface area contributed by atoms with E-state index in [1.54, 1.807) is 0 Å². The number of aliphatic hydroxyl groups is 3. The standard InChI is InChI=1S/C30H48F2O10S/c1-17(6-9-26(37)41-12-4-5-25(36)42-16-30(31,32)43(38,39)40)20-7-8-21-27-22(15-24(35)29(20,21)3)28(2)11-10-19(33)13-18(28)14-23(27)34/h17-24,27,33-35H,4-16H2,1-3H3,(H,38,39,40)/t17-,18+,19?,20-,21+,22+,23?,24?,27+,28+,29-/m1/s1. The summed E-state index contributed by atoms with van der Waals surface area (Å²) in [6.07, 6.45) is 4.55. The van der Waals surface area contributed by atoms with Gasteiger partial charge in [0.15, 0.2) is 6.61 Å².